The largest absolute Gasteiger partial charge is 0.465 e. The van der Waals surface area contributed by atoms with Crippen LogP contribution in [-0.4, -0.2) is 30.8 Å². The summed E-state index contributed by atoms with van der Waals surface area (Å²) in [4.78, 5) is 34.2. The molecule has 1 aromatic rings. The van der Waals surface area contributed by atoms with Crippen LogP contribution in [0.1, 0.15) is 34.6 Å². The number of amides is 1. The summed E-state index contributed by atoms with van der Waals surface area (Å²) in [5.74, 6) is -1.04. The van der Waals surface area contributed by atoms with E-state index in [0.717, 1.165) is 0 Å². The third-order valence-corrected chi connectivity index (χ3v) is 2.50. The lowest BCUT2D eigenvalue weighted by Crippen LogP contribution is -2.37. The Labute approximate surface area is 105 Å². The van der Waals surface area contributed by atoms with Gasteiger partial charge in [-0.05, 0) is 32.0 Å². The van der Waals surface area contributed by atoms with E-state index in [1.807, 2.05) is 0 Å². The van der Waals surface area contributed by atoms with Gasteiger partial charge in [-0.2, -0.15) is 0 Å². The molecule has 0 aromatic heterocycles. The van der Waals surface area contributed by atoms with Gasteiger partial charge < -0.3 is 10.1 Å². The lowest BCUT2D eigenvalue weighted by Gasteiger charge is -2.10. The smallest absolute Gasteiger partial charge is 0.337 e. The van der Waals surface area contributed by atoms with Crippen molar-refractivity contribution in [3.8, 4) is 0 Å². The molecule has 0 heterocycles. The van der Waals surface area contributed by atoms with Gasteiger partial charge in [-0.15, -0.1) is 0 Å². The van der Waals surface area contributed by atoms with E-state index in [1.54, 1.807) is 25.1 Å². The molecule has 18 heavy (non-hydrogen) atoms. The van der Waals surface area contributed by atoms with Crippen molar-refractivity contribution in [3.05, 3.63) is 35.4 Å². The van der Waals surface area contributed by atoms with Crippen LogP contribution in [0.15, 0.2) is 24.3 Å². The summed E-state index contributed by atoms with van der Waals surface area (Å²) in [6.07, 6.45) is 0. The van der Waals surface area contributed by atoms with E-state index in [2.05, 4.69) is 10.1 Å². The van der Waals surface area contributed by atoms with Crippen molar-refractivity contribution in [1.82, 2.24) is 5.32 Å². The maximum Gasteiger partial charge on any atom is 0.337 e. The van der Waals surface area contributed by atoms with Crippen molar-refractivity contribution in [3.63, 3.8) is 0 Å². The molecular formula is C13H15NO4. The third-order valence-electron chi connectivity index (χ3n) is 2.50. The lowest BCUT2D eigenvalue weighted by molar-refractivity contribution is -0.118. The minimum atomic E-state index is -0.556. The Kier molecular flexibility index (Phi) is 4.59. The zero-order chi connectivity index (χ0) is 13.7. The van der Waals surface area contributed by atoms with Gasteiger partial charge in [-0.25, -0.2) is 4.79 Å². The molecule has 1 aromatic carbocycles. The monoisotopic (exact) mass is 249 g/mol. The average Bonchev–Trinajstić information content (AvgIpc) is 2.37. The van der Waals surface area contributed by atoms with E-state index < -0.39 is 17.9 Å². The topological polar surface area (TPSA) is 72.5 Å². The Morgan fingerprint density at radius 3 is 2.39 bits per heavy atom. The zero-order valence-electron chi connectivity index (χ0n) is 10.5. The summed E-state index contributed by atoms with van der Waals surface area (Å²) in [5.41, 5.74) is 0.603. The second kappa shape index (κ2) is 5.95. The molecule has 1 atom stereocenters. The Morgan fingerprint density at radius 2 is 1.83 bits per heavy atom. The summed E-state index contributed by atoms with van der Waals surface area (Å²) < 4.78 is 4.57. The maximum absolute atomic E-state index is 11.8. The van der Waals surface area contributed by atoms with Crippen LogP contribution in [0.4, 0.5) is 0 Å². The van der Waals surface area contributed by atoms with Crippen LogP contribution >= 0.6 is 0 Å². The summed E-state index contributed by atoms with van der Waals surface area (Å²) >= 11 is 0. The molecule has 0 aliphatic rings. The molecule has 96 valence electrons. The second-order valence-electron chi connectivity index (χ2n) is 3.88. The molecule has 1 unspecified atom stereocenters. The molecule has 0 fully saturated rings. The number of carbonyl (C=O) groups excluding carboxylic acids is 3. The minimum absolute atomic E-state index is 0.132. The number of hydrogen-bond donors (Lipinski definition) is 1. The van der Waals surface area contributed by atoms with Gasteiger partial charge in [0.1, 0.15) is 0 Å². The van der Waals surface area contributed by atoms with Gasteiger partial charge in [0.25, 0.3) is 5.91 Å². The van der Waals surface area contributed by atoms with Crippen LogP contribution in [0, 0.1) is 0 Å². The van der Waals surface area contributed by atoms with Gasteiger partial charge in [0.2, 0.25) is 0 Å². The van der Waals surface area contributed by atoms with E-state index in [-0.39, 0.29) is 5.78 Å². The molecule has 1 amide bonds. The summed E-state index contributed by atoms with van der Waals surface area (Å²) in [7, 11) is 1.27. The van der Waals surface area contributed by atoms with Crippen molar-refractivity contribution in [2.24, 2.45) is 0 Å². The average molecular weight is 249 g/mol. The zero-order valence-corrected chi connectivity index (χ0v) is 10.5. The number of esters is 1. The van der Waals surface area contributed by atoms with Crippen molar-refractivity contribution >= 4 is 17.7 Å². The van der Waals surface area contributed by atoms with Crippen LogP contribution in [0.5, 0.6) is 0 Å². The molecule has 0 radical (unpaired) electrons. The quantitative estimate of drug-likeness (QED) is 0.813. The molecule has 0 bridgehead atoms. The standard InChI is InChI=1S/C13H15NO4/c1-8(9(2)15)14-12(16)10-5-4-6-11(7-10)13(17)18-3/h4-8H,1-3H3,(H,14,16). The number of nitrogens with one attached hydrogen (secondary N) is 1. The highest BCUT2D eigenvalue weighted by atomic mass is 16.5. The number of carbonyl (C=O) groups is 3. The molecule has 5 nitrogen and oxygen atoms in total. The van der Waals surface area contributed by atoms with Crippen molar-refractivity contribution in [1.29, 1.82) is 0 Å². The van der Waals surface area contributed by atoms with Crippen LogP contribution in [-0.2, 0) is 9.53 Å². The molecule has 0 spiro atoms. The van der Waals surface area contributed by atoms with Gasteiger partial charge in [-0.3, -0.25) is 9.59 Å². The van der Waals surface area contributed by atoms with Crippen LogP contribution in [0.2, 0.25) is 0 Å². The summed E-state index contributed by atoms with van der Waals surface area (Å²) in [6, 6.07) is 5.57. The second-order valence-corrected chi connectivity index (χ2v) is 3.88. The maximum atomic E-state index is 11.8. The molecular weight excluding hydrogens is 234 g/mol. The van der Waals surface area contributed by atoms with E-state index >= 15 is 0 Å². The molecule has 0 saturated carbocycles. The Hall–Kier alpha value is -2.17. The first-order valence-corrected chi connectivity index (χ1v) is 5.45. The highest BCUT2D eigenvalue weighted by molar-refractivity contribution is 5.99. The van der Waals surface area contributed by atoms with Crippen LogP contribution in [0.3, 0.4) is 0 Å². The van der Waals surface area contributed by atoms with Crippen molar-refractivity contribution in [2.45, 2.75) is 19.9 Å². The fourth-order valence-corrected chi connectivity index (χ4v) is 1.29. The first-order chi connectivity index (χ1) is 8.45. The molecule has 1 rings (SSSR count). The van der Waals surface area contributed by atoms with Crippen molar-refractivity contribution < 1.29 is 19.1 Å². The fourth-order valence-electron chi connectivity index (χ4n) is 1.29. The summed E-state index contributed by atoms with van der Waals surface area (Å²) in [6.45, 7) is 3.00. The third kappa shape index (κ3) is 3.41. The summed E-state index contributed by atoms with van der Waals surface area (Å²) in [5, 5.41) is 2.54. The lowest BCUT2D eigenvalue weighted by atomic mass is 10.1. The number of methoxy groups -OCH3 is 1. The number of ketones is 1. The van der Waals surface area contributed by atoms with E-state index in [1.165, 1.54) is 20.1 Å². The van der Waals surface area contributed by atoms with Gasteiger partial charge in [0.05, 0.1) is 18.7 Å². The highest BCUT2D eigenvalue weighted by Gasteiger charge is 2.14. The van der Waals surface area contributed by atoms with Gasteiger partial charge in [0, 0.05) is 5.56 Å². The van der Waals surface area contributed by atoms with Gasteiger partial charge >= 0.3 is 5.97 Å². The van der Waals surface area contributed by atoms with E-state index in [4.69, 9.17) is 0 Å². The fraction of sp³-hybridized carbons (Fsp3) is 0.308. The number of benzene rings is 1. The van der Waals surface area contributed by atoms with E-state index in [0.29, 0.717) is 11.1 Å². The predicted octanol–water partition coefficient (Wildman–Crippen LogP) is 1.18. The highest BCUT2D eigenvalue weighted by Crippen LogP contribution is 2.07. The Bertz CT molecular complexity index is 482. The molecule has 0 aliphatic carbocycles. The molecule has 0 saturated heterocycles. The Balaban J connectivity index is 2.87. The SMILES string of the molecule is COC(=O)c1cccc(C(=O)NC(C)C(C)=O)c1. The minimum Gasteiger partial charge on any atom is -0.465 e. The first-order valence-electron chi connectivity index (χ1n) is 5.45. The van der Waals surface area contributed by atoms with Gasteiger partial charge in [-0.1, -0.05) is 6.07 Å². The van der Waals surface area contributed by atoms with Gasteiger partial charge in [0.15, 0.2) is 5.78 Å². The molecule has 1 N–H and O–H groups in total. The molecule has 5 heteroatoms. The molecule has 0 aliphatic heterocycles. The van der Waals surface area contributed by atoms with Crippen LogP contribution in [0.25, 0.3) is 0 Å². The normalized spacial score (nSPS) is 11.5. The number of hydrogen-bond acceptors (Lipinski definition) is 4. The van der Waals surface area contributed by atoms with Crippen molar-refractivity contribution in [2.75, 3.05) is 7.11 Å². The number of ether oxygens (including phenoxy) is 1. The number of rotatable bonds is 4. The number of Topliss-reactive ketones (excluding diaryl/α,β-unsaturated/α-hetero) is 1. The van der Waals surface area contributed by atoms with Crippen LogP contribution < -0.4 is 5.32 Å². The van der Waals surface area contributed by atoms with E-state index in [9.17, 15) is 14.4 Å². The Morgan fingerprint density at radius 1 is 1.22 bits per heavy atom. The first kappa shape index (κ1) is 13.9. The predicted molar refractivity (Wildman–Crippen MR) is 65.4 cm³/mol.